The first kappa shape index (κ1) is 25.0. The number of H-pyrrole nitrogens is 1. The summed E-state index contributed by atoms with van der Waals surface area (Å²) in [6.07, 6.45) is -0.922. The molecule has 0 saturated carbocycles. The van der Waals surface area contributed by atoms with Gasteiger partial charge in [-0.1, -0.05) is 31.6 Å². The van der Waals surface area contributed by atoms with Gasteiger partial charge in [-0.25, -0.2) is 4.39 Å². The maximum Gasteiger partial charge on any atom is 0.412 e. The summed E-state index contributed by atoms with van der Waals surface area (Å²) in [7, 11) is 0. The normalized spacial score (nSPS) is 22.1. The fourth-order valence-electron chi connectivity index (χ4n) is 4.72. The molecule has 0 aromatic carbocycles. The van der Waals surface area contributed by atoms with E-state index in [9.17, 15) is 27.2 Å². The number of amides is 2. The zero-order chi connectivity index (χ0) is 24.2. The van der Waals surface area contributed by atoms with Gasteiger partial charge >= 0.3 is 6.18 Å². The summed E-state index contributed by atoms with van der Waals surface area (Å²) < 4.78 is 54.8. The van der Waals surface area contributed by atoms with Crippen LogP contribution in [0.1, 0.15) is 61.3 Å². The van der Waals surface area contributed by atoms with Gasteiger partial charge in [-0.3, -0.25) is 14.7 Å². The molecule has 1 aromatic heterocycles. The third-order valence-corrected chi connectivity index (χ3v) is 6.51. The molecule has 3 rings (SSSR count). The molecule has 3 unspecified atom stereocenters. The van der Waals surface area contributed by atoms with Crippen LogP contribution in [-0.4, -0.2) is 52.3 Å². The lowest BCUT2D eigenvalue weighted by molar-refractivity contribution is -0.129. The summed E-state index contributed by atoms with van der Waals surface area (Å²) in [6.45, 7) is 4.38. The lowest BCUT2D eigenvalue weighted by atomic mass is 9.79. The summed E-state index contributed by atoms with van der Waals surface area (Å²) in [5, 5.41) is 9.72. The number of aromatic amines is 1. The van der Waals surface area contributed by atoms with Gasteiger partial charge < -0.3 is 10.2 Å². The molecule has 1 aliphatic carbocycles. The van der Waals surface area contributed by atoms with E-state index in [1.165, 1.54) is 6.92 Å². The van der Waals surface area contributed by atoms with Crippen molar-refractivity contribution in [2.24, 2.45) is 11.8 Å². The molecule has 6 nitrogen and oxygen atoms in total. The van der Waals surface area contributed by atoms with E-state index in [-0.39, 0.29) is 31.0 Å². The Bertz CT molecular complexity index is 922. The quantitative estimate of drug-likeness (QED) is 0.610. The summed E-state index contributed by atoms with van der Waals surface area (Å²) in [5.41, 5.74) is 1.02. The molecule has 0 fully saturated rings. The minimum atomic E-state index is -4.53. The number of aromatic nitrogens is 2. The highest BCUT2D eigenvalue weighted by Crippen LogP contribution is 2.41. The van der Waals surface area contributed by atoms with Crippen LogP contribution in [0.2, 0.25) is 0 Å². The number of carbonyl (C=O) groups excluding carboxylic acids is 2. The number of carbonyl (C=O) groups is 2. The maximum atomic E-state index is 14.1. The molecular weight excluding hydrogens is 440 g/mol. The molecule has 1 aromatic rings. The van der Waals surface area contributed by atoms with Crippen molar-refractivity contribution in [3.05, 3.63) is 40.8 Å². The molecule has 0 radical (unpaired) electrons. The topological polar surface area (TPSA) is 78.1 Å². The van der Waals surface area contributed by atoms with Gasteiger partial charge in [0.15, 0.2) is 5.69 Å². The number of fused-ring (bicyclic) bond motifs is 1. The Kier molecular flexibility index (Phi) is 7.97. The standard InChI is InChI=1S/C23H30F4N4O2/c1-3-15(18-12-16(24)6-4-8-19(18)23(25,26)27)9-10-28-22(33)21-17-7-5-11-31(14(2)32)13-20(17)29-30-21/h4,6,8,15-16,18H,3,5,7,9-13H2,1-2H3,(H,28,33)(H,29,30). The molecule has 33 heavy (non-hydrogen) atoms. The second-order valence-corrected chi connectivity index (χ2v) is 8.65. The van der Waals surface area contributed by atoms with Crippen molar-refractivity contribution in [1.82, 2.24) is 20.4 Å². The highest BCUT2D eigenvalue weighted by molar-refractivity contribution is 5.94. The van der Waals surface area contributed by atoms with Gasteiger partial charge in [0.1, 0.15) is 6.17 Å². The van der Waals surface area contributed by atoms with Crippen LogP contribution in [0.4, 0.5) is 17.6 Å². The van der Waals surface area contributed by atoms with Crippen molar-refractivity contribution in [3.8, 4) is 0 Å². The molecule has 0 saturated heterocycles. The molecule has 2 heterocycles. The van der Waals surface area contributed by atoms with Gasteiger partial charge in [0.05, 0.1) is 12.2 Å². The second kappa shape index (κ2) is 10.5. The van der Waals surface area contributed by atoms with Gasteiger partial charge in [0.25, 0.3) is 5.91 Å². The number of hydrogen-bond donors (Lipinski definition) is 2. The zero-order valence-electron chi connectivity index (χ0n) is 18.8. The SMILES string of the molecule is CCC(CCNC(=O)c1n[nH]c2c1CCCN(C(C)=O)C2)C1CC(F)C=CC=C1C(F)(F)F. The Morgan fingerprint density at radius 1 is 1.36 bits per heavy atom. The number of alkyl halides is 4. The van der Waals surface area contributed by atoms with Gasteiger partial charge in [-0.05, 0) is 37.5 Å². The van der Waals surface area contributed by atoms with Crippen molar-refractivity contribution in [3.63, 3.8) is 0 Å². The van der Waals surface area contributed by atoms with Crippen molar-refractivity contribution in [2.45, 2.75) is 64.8 Å². The third-order valence-electron chi connectivity index (χ3n) is 6.51. The second-order valence-electron chi connectivity index (χ2n) is 8.65. The van der Waals surface area contributed by atoms with Crippen LogP contribution < -0.4 is 5.32 Å². The molecule has 0 spiro atoms. The Hall–Kier alpha value is -2.65. The Labute approximate surface area is 190 Å². The average molecular weight is 471 g/mol. The van der Waals surface area contributed by atoms with E-state index >= 15 is 0 Å². The summed E-state index contributed by atoms with van der Waals surface area (Å²) in [6, 6.07) is 0. The number of nitrogens with zero attached hydrogens (tertiary/aromatic N) is 2. The number of nitrogens with one attached hydrogen (secondary N) is 2. The van der Waals surface area contributed by atoms with Crippen LogP contribution >= 0.6 is 0 Å². The molecule has 1 aliphatic heterocycles. The summed E-state index contributed by atoms with van der Waals surface area (Å²) in [5.74, 6) is -1.87. The molecule has 10 heteroatoms. The molecule has 0 bridgehead atoms. The van der Waals surface area contributed by atoms with E-state index in [0.29, 0.717) is 32.4 Å². The lowest BCUT2D eigenvalue weighted by Gasteiger charge is -2.29. The summed E-state index contributed by atoms with van der Waals surface area (Å²) >= 11 is 0. The molecule has 2 amide bonds. The fourth-order valence-corrected chi connectivity index (χ4v) is 4.72. The number of hydrogen-bond acceptors (Lipinski definition) is 3. The van der Waals surface area contributed by atoms with Gasteiger partial charge in [0, 0.05) is 31.1 Å². The van der Waals surface area contributed by atoms with Crippen LogP contribution in [0.3, 0.4) is 0 Å². The first-order valence-electron chi connectivity index (χ1n) is 11.3. The minimum Gasteiger partial charge on any atom is -0.351 e. The molecule has 3 atom stereocenters. The van der Waals surface area contributed by atoms with E-state index in [4.69, 9.17) is 0 Å². The first-order chi connectivity index (χ1) is 15.6. The highest BCUT2D eigenvalue weighted by atomic mass is 19.4. The first-order valence-corrected chi connectivity index (χ1v) is 11.3. The van der Waals surface area contributed by atoms with Crippen molar-refractivity contribution >= 4 is 11.8 Å². The van der Waals surface area contributed by atoms with Gasteiger partial charge in [-0.15, -0.1) is 0 Å². The molecule has 2 aliphatic rings. The van der Waals surface area contributed by atoms with E-state index in [0.717, 1.165) is 29.5 Å². The predicted molar refractivity (Wildman–Crippen MR) is 115 cm³/mol. The largest absolute Gasteiger partial charge is 0.412 e. The van der Waals surface area contributed by atoms with Crippen molar-refractivity contribution in [2.75, 3.05) is 13.1 Å². The maximum absolute atomic E-state index is 14.1. The van der Waals surface area contributed by atoms with Crippen molar-refractivity contribution < 1.29 is 27.2 Å². The zero-order valence-corrected chi connectivity index (χ0v) is 18.8. The number of rotatable bonds is 6. The van der Waals surface area contributed by atoms with E-state index in [2.05, 4.69) is 15.5 Å². The number of allylic oxidation sites excluding steroid dienone is 4. The van der Waals surface area contributed by atoms with Crippen LogP contribution in [0.25, 0.3) is 0 Å². The third kappa shape index (κ3) is 6.03. The van der Waals surface area contributed by atoms with Gasteiger partial charge in [0.2, 0.25) is 5.91 Å². The number of halogens is 4. The lowest BCUT2D eigenvalue weighted by Crippen LogP contribution is -2.31. The Balaban J connectivity index is 1.64. The highest BCUT2D eigenvalue weighted by Gasteiger charge is 2.42. The van der Waals surface area contributed by atoms with E-state index in [1.54, 1.807) is 11.8 Å². The predicted octanol–water partition coefficient (Wildman–Crippen LogP) is 4.25. The molecular formula is C23H30F4N4O2. The minimum absolute atomic E-state index is 0.0504. The van der Waals surface area contributed by atoms with Crippen molar-refractivity contribution in [1.29, 1.82) is 0 Å². The molecule has 182 valence electrons. The average Bonchev–Trinajstić information content (AvgIpc) is 2.89. The van der Waals surface area contributed by atoms with Gasteiger partial charge in [-0.2, -0.15) is 18.3 Å². The van der Waals surface area contributed by atoms with Crippen LogP contribution in [0, 0.1) is 11.8 Å². The fraction of sp³-hybridized carbons (Fsp3) is 0.609. The van der Waals surface area contributed by atoms with E-state index in [1.807, 2.05) is 0 Å². The van der Waals surface area contributed by atoms with E-state index < -0.39 is 35.7 Å². The van der Waals surface area contributed by atoms with Crippen LogP contribution in [0.15, 0.2) is 23.8 Å². The Morgan fingerprint density at radius 3 is 2.79 bits per heavy atom. The monoisotopic (exact) mass is 470 g/mol. The van der Waals surface area contributed by atoms with Crippen LogP contribution in [-0.2, 0) is 17.8 Å². The smallest absolute Gasteiger partial charge is 0.351 e. The molecule has 2 N–H and O–H groups in total. The van der Waals surface area contributed by atoms with Crippen LogP contribution in [0.5, 0.6) is 0 Å². The Morgan fingerprint density at radius 2 is 2.12 bits per heavy atom. The summed E-state index contributed by atoms with van der Waals surface area (Å²) in [4.78, 5) is 26.1.